The third-order valence-electron chi connectivity index (χ3n) is 4.78. The number of carbonyl (C=O) groups is 2. The minimum atomic E-state index is -0.729. The molecule has 1 heterocycles. The summed E-state index contributed by atoms with van der Waals surface area (Å²) in [7, 11) is 0. The highest BCUT2D eigenvalue weighted by Crippen LogP contribution is 2.37. The van der Waals surface area contributed by atoms with E-state index in [4.69, 9.17) is 5.11 Å². The van der Waals surface area contributed by atoms with E-state index in [0.29, 0.717) is 31.7 Å². The van der Waals surface area contributed by atoms with Crippen LogP contribution in [0.2, 0.25) is 0 Å². The van der Waals surface area contributed by atoms with Crippen LogP contribution in [0.1, 0.15) is 55.8 Å². The van der Waals surface area contributed by atoms with E-state index < -0.39 is 5.97 Å². The molecule has 0 bridgehead atoms. The molecular formula is C17H24N4O3. The van der Waals surface area contributed by atoms with Crippen LogP contribution < -0.4 is 10.6 Å². The minimum absolute atomic E-state index is 0.0711. The molecule has 0 radical (unpaired) electrons. The fourth-order valence-electron chi connectivity index (χ4n) is 3.09. The van der Waals surface area contributed by atoms with Crippen molar-refractivity contribution in [2.45, 2.75) is 56.9 Å². The number of carbonyl (C=O) groups excluding carboxylic acids is 1. The van der Waals surface area contributed by atoms with Crippen LogP contribution in [-0.2, 0) is 11.2 Å². The average molecular weight is 332 g/mol. The van der Waals surface area contributed by atoms with Crippen molar-refractivity contribution in [3.8, 4) is 0 Å². The number of hydrogen-bond donors (Lipinski definition) is 3. The van der Waals surface area contributed by atoms with Crippen molar-refractivity contribution in [1.82, 2.24) is 20.6 Å². The number of rotatable bonds is 6. The zero-order valence-corrected chi connectivity index (χ0v) is 13.7. The fourth-order valence-corrected chi connectivity index (χ4v) is 3.09. The lowest BCUT2D eigenvalue weighted by atomic mass is 9.86. The van der Waals surface area contributed by atoms with Crippen molar-refractivity contribution in [3.05, 3.63) is 23.8 Å². The first-order chi connectivity index (χ1) is 11.6. The van der Waals surface area contributed by atoms with Gasteiger partial charge in [-0.05, 0) is 50.5 Å². The molecule has 7 heteroatoms. The number of hydrogen-bond acceptors (Lipinski definition) is 4. The highest BCUT2D eigenvalue weighted by Gasteiger charge is 2.27. The van der Waals surface area contributed by atoms with Crippen LogP contribution in [0.5, 0.6) is 0 Å². The lowest BCUT2D eigenvalue weighted by Crippen LogP contribution is -2.44. The molecule has 1 aromatic rings. The number of nitrogens with zero attached hydrogens (tertiary/aromatic N) is 2. The summed E-state index contributed by atoms with van der Waals surface area (Å²) in [6, 6.07) is -0.119. The van der Waals surface area contributed by atoms with Gasteiger partial charge in [-0.25, -0.2) is 14.8 Å². The standard InChI is InChI=1S/C17H24N4O3/c22-16(23)13-3-5-14(6-4-13)21-17(24)18-8-7-11-9-19-15(20-10-11)12-1-2-12/h9-10,12-14H,1-8H2,(H,22,23)(H2,18,21,24). The zero-order valence-electron chi connectivity index (χ0n) is 13.7. The van der Waals surface area contributed by atoms with Gasteiger partial charge >= 0.3 is 12.0 Å². The number of carboxylic acids is 1. The molecule has 0 unspecified atom stereocenters. The number of amides is 2. The molecule has 2 aliphatic carbocycles. The largest absolute Gasteiger partial charge is 0.481 e. The van der Waals surface area contributed by atoms with E-state index in [-0.39, 0.29) is 18.0 Å². The topological polar surface area (TPSA) is 104 Å². The van der Waals surface area contributed by atoms with E-state index in [0.717, 1.165) is 24.2 Å². The molecule has 7 nitrogen and oxygen atoms in total. The second-order valence-corrected chi connectivity index (χ2v) is 6.76. The molecule has 3 N–H and O–H groups in total. The molecule has 1 aromatic heterocycles. The van der Waals surface area contributed by atoms with Crippen LogP contribution in [0.25, 0.3) is 0 Å². The van der Waals surface area contributed by atoms with Crippen LogP contribution in [0, 0.1) is 5.92 Å². The molecule has 130 valence electrons. The molecule has 2 saturated carbocycles. The molecule has 0 spiro atoms. The maximum absolute atomic E-state index is 11.9. The Bertz CT molecular complexity index is 578. The van der Waals surface area contributed by atoms with E-state index in [1.165, 1.54) is 12.8 Å². The van der Waals surface area contributed by atoms with Crippen LogP contribution >= 0.6 is 0 Å². The van der Waals surface area contributed by atoms with Crippen molar-refractivity contribution in [1.29, 1.82) is 0 Å². The van der Waals surface area contributed by atoms with Gasteiger partial charge in [0.05, 0.1) is 5.92 Å². The zero-order chi connectivity index (χ0) is 16.9. The highest BCUT2D eigenvalue weighted by molar-refractivity contribution is 5.74. The van der Waals surface area contributed by atoms with Crippen LogP contribution in [-0.4, -0.2) is 39.7 Å². The summed E-state index contributed by atoms with van der Waals surface area (Å²) < 4.78 is 0. The number of carboxylic acid groups (broad SMARTS) is 1. The van der Waals surface area contributed by atoms with Gasteiger partial charge in [-0.15, -0.1) is 0 Å². The number of urea groups is 1. The Hall–Kier alpha value is -2.18. The number of nitrogens with one attached hydrogen (secondary N) is 2. The van der Waals surface area contributed by atoms with Crippen LogP contribution in [0.4, 0.5) is 4.79 Å². The van der Waals surface area contributed by atoms with Crippen molar-refractivity contribution >= 4 is 12.0 Å². The van der Waals surface area contributed by atoms with Crippen LogP contribution in [0.3, 0.4) is 0 Å². The molecule has 0 saturated heterocycles. The molecule has 2 fully saturated rings. The molecule has 2 amide bonds. The Balaban J connectivity index is 1.33. The van der Waals surface area contributed by atoms with Gasteiger partial charge in [0, 0.05) is 30.9 Å². The maximum Gasteiger partial charge on any atom is 0.315 e. The quantitative estimate of drug-likeness (QED) is 0.737. The van der Waals surface area contributed by atoms with E-state index >= 15 is 0 Å². The van der Waals surface area contributed by atoms with Gasteiger partial charge in [-0.3, -0.25) is 4.79 Å². The van der Waals surface area contributed by atoms with Gasteiger partial charge in [0.15, 0.2) is 0 Å². The summed E-state index contributed by atoms with van der Waals surface area (Å²) >= 11 is 0. The van der Waals surface area contributed by atoms with E-state index in [1.807, 2.05) is 12.4 Å². The molecule has 3 rings (SSSR count). The van der Waals surface area contributed by atoms with E-state index in [2.05, 4.69) is 20.6 Å². The molecule has 2 aliphatic rings. The van der Waals surface area contributed by atoms with E-state index in [1.54, 1.807) is 0 Å². The molecule has 0 aliphatic heterocycles. The van der Waals surface area contributed by atoms with Crippen molar-refractivity contribution < 1.29 is 14.7 Å². The second kappa shape index (κ2) is 7.59. The summed E-state index contributed by atoms with van der Waals surface area (Å²) in [5.74, 6) is 0.498. The van der Waals surface area contributed by atoms with Gasteiger partial charge < -0.3 is 15.7 Å². The third-order valence-corrected chi connectivity index (χ3v) is 4.78. The monoisotopic (exact) mass is 332 g/mol. The maximum atomic E-state index is 11.9. The summed E-state index contributed by atoms with van der Waals surface area (Å²) in [6.07, 6.45) is 9.47. The number of aliphatic carboxylic acids is 1. The Morgan fingerprint density at radius 3 is 2.33 bits per heavy atom. The molecule has 24 heavy (non-hydrogen) atoms. The Morgan fingerprint density at radius 2 is 1.75 bits per heavy atom. The first-order valence-electron chi connectivity index (χ1n) is 8.70. The summed E-state index contributed by atoms with van der Waals surface area (Å²) in [4.78, 5) is 31.5. The summed E-state index contributed by atoms with van der Waals surface area (Å²) in [6.45, 7) is 0.530. The summed E-state index contributed by atoms with van der Waals surface area (Å²) in [5.41, 5.74) is 1.02. The first kappa shape index (κ1) is 16.7. The Labute approximate surface area is 141 Å². The Morgan fingerprint density at radius 1 is 1.08 bits per heavy atom. The first-order valence-corrected chi connectivity index (χ1v) is 8.70. The second-order valence-electron chi connectivity index (χ2n) is 6.76. The normalized spacial score (nSPS) is 23.5. The highest BCUT2D eigenvalue weighted by atomic mass is 16.4. The van der Waals surface area contributed by atoms with Gasteiger partial charge in [-0.1, -0.05) is 0 Å². The minimum Gasteiger partial charge on any atom is -0.481 e. The predicted molar refractivity (Wildman–Crippen MR) is 87.6 cm³/mol. The van der Waals surface area contributed by atoms with E-state index in [9.17, 15) is 9.59 Å². The van der Waals surface area contributed by atoms with Gasteiger partial charge in [-0.2, -0.15) is 0 Å². The predicted octanol–water partition coefficient (Wildman–Crippen LogP) is 1.84. The fraction of sp³-hybridized carbons (Fsp3) is 0.647. The lowest BCUT2D eigenvalue weighted by Gasteiger charge is -2.26. The van der Waals surface area contributed by atoms with Gasteiger partial charge in [0.1, 0.15) is 5.82 Å². The molecule has 0 aromatic carbocycles. The van der Waals surface area contributed by atoms with Crippen molar-refractivity contribution in [3.63, 3.8) is 0 Å². The lowest BCUT2D eigenvalue weighted by molar-refractivity contribution is -0.142. The third kappa shape index (κ3) is 4.66. The molecule has 0 atom stereocenters. The van der Waals surface area contributed by atoms with Gasteiger partial charge in [0.2, 0.25) is 0 Å². The van der Waals surface area contributed by atoms with Crippen molar-refractivity contribution in [2.75, 3.05) is 6.54 Å². The smallest absolute Gasteiger partial charge is 0.315 e. The Kier molecular flexibility index (Phi) is 5.27. The van der Waals surface area contributed by atoms with Crippen LogP contribution in [0.15, 0.2) is 12.4 Å². The van der Waals surface area contributed by atoms with Crippen molar-refractivity contribution in [2.24, 2.45) is 5.92 Å². The molecular weight excluding hydrogens is 308 g/mol. The average Bonchev–Trinajstić information content (AvgIpc) is 3.41. The SMILES string of the molecule is O=C(NCCc1cnc(C2CC2)nc1)NC1CCC(C(=O)O)CC1. The number of aromatic nitrogens is 2. The van der Waals surface area contributed by atoms with Gasteiger partial charge in [0.25, 0.3) is 0 Å². The summed E-state index contributed by atoms with van der Waals surface area (Å²) in [5, 5.41) is 14.7.